The molecule has 112 valence electrons. The molecule has 0 N–H and O–H groups in total. The van der Waals surface area contributed by atoms with Gasteiger partial charge in [-0.05, 0) is 36.6 Å². The van der Waals surface area contributed by atoms with Crippen LogP contribution in [-0.2, 0) is 0 Å². The molecule has 2 rings (SSSR count). The van der Waals surface area contributed by atoms with Gasteiger partial charge >= 0.3 is 0 Å². The van der Waals surface area contributed by atoms with Crippen LogP contribution in [-0.4, -0.2) is 14.2 Å². The maximum Gasteiger partial charge on any atom is 0.131 e. The van der Waals surface area contributed by atoms with Crippen molar-refractivity contribution in [3.8, 4) is 11.5 Å². The van der Waals surface area contributed by atoms with Gasteiger partial charge in [0.25, 0.3) is 0 Å². The lowest BCUT2D eigenvalue weighted by Gasteiger charge is -2.16. The van der Waals surface area contributed by atoms with E-state index in [2.05, 4.69) is 15.9 Å². The van der Waals surface area contributed by atoms with Crippen molar-refractivity contribution in [1.82, 2.24) is 0 Å². The minimum Gasteiger partial charge on any atom is -0.497 e. The molecular formula is C17H18BrFO2. The van der Waals surface area contributed by atoms with Crippen molar-refractivity contribution in [3.63, 3.8) is 0 Å². The maximum atomic E-state index is 14.2. The van der Waals surface area contributed by atoms with Crippen LogP contribution in [0.3, 0.4) is 0 Å². The normalized spacial score (nSPS) is 12.1. The first kappa shape index (κ1) is 15.8. The van der Waals surface area contributed by atoms with Gasteiger partial charge in [-0.1, -0.05) is 34.1 Å². The molecule has 0 saturated heterocycles. The predicted molar refractivity (Wildman–Crippen MR) is 86.2 cm³/mol. The zero-order valence-electron chi connectivity index (χ0n) is 12.5. The van der Waals surface area contributed by atoms with Crippen molar-refractivity contribution < 1.29 is 13.9 Å². The van der Waals surface area contributed by atoms with E-state index in [0.717, 1.165) is 22.4 Å². The molecule has 0 aromatic heterocycles. The van der Waals surface area contributed by atoms with Crippen molar-refractivity contribution in [1.29, 1.82) is 0 Å². The summed E-state index contributed by atoms with van der Waals surface area (Å²) in [6.45, 7) is 3.97. The molecule has 0 saturated carbocycles. The van der Waals surface area contributed by atoms with Crippen molar-refractivity contribution in [2.24, 2.45) is 0 Å². The second kappa shape index (κ2) is 6.48. The number of hydrogen-bond donors (Lipinski definition) is 0. The number of methoxy groups -OCH3 is 2. The second-order valence-electron chi connectivity index (χ2n) is 4.94. The van der Waals surface area contributed by atoms with Gasteiger partial charge in [0.15, 0.2) is 0 Å². The molecule has 0 aliphatic rings. The maximum absolute atomic E-state index is 14.2. The summed E-state index contributed by atoms with van der Waals surface area (Å²) in [5, 5.41) is 0. The minimum atomic E-state index is -0.289. The highest BCUT2D eigenvalue weighted by molar-refractivity contribution is 9.09. The molecule has 21 heavy (non-hydrogen) atoms. The topological polar surface area (TPSA) is 18.5 Å². The summed E-state index contributed by atoms with van der Waals surface area (Å²) in [6.07, 6.45) is 0. The summed E-state index contributed by atoms with van der Waals surface area (Å²) in [7, 11) is 3.18. The van der Waals surface area contributed by atoms with E-state index >= 15 is 0 Å². The Morgan fingerprint density at radius 1 is 1.00 bits per heavy atom. The van der Waals surface area contributed by atoms with Crippen LogP contribution in [0.2, 0.25) is 0 Å². The first-order valence-corrected chi connectivity index (χ1v) is 7.52. The molecule has 0 bridgehead atoms. The Morgan fingerprint density at radius 3 is 2.10 bits per heavy atom. The molecule has 4 heteroatoms. The van der Waals surface area contributed by atoms with Gasteiger partial charge in [-0.15, -0.1) is 0 Å². The van der Waals surface area contributed by atoms with E-state index in [4.69, 9.17) is 9.47 Å². The fourth-order valence-corrected chi connectivity index (χ4v) is 3.11. The molecule has 0 aliphatic carbocycles. The minimum absolute atomic E-state index is 0.216. The van der Waals surface area contributed by atoms with Crippen molar-refractivity contribution in [3.05, 3.63) is 58.4 Å². The van der Waals surface area contributed by atoms with Gasteiger partial charge in [0.1, 0.15) is 17.3 Å². The number of halogens is 2. The number of ether oxygens (including phenoxy) is 2. The quantitative estimate of drug-likeness (QED) is 0.725. The van der Waals surface area contributed by atoms with E-state index < -0.39 is 0 Å². The summed E-state index contributed by atoms with van der Waals surface area (Å²) in [5.41, 5.74) is 3.64. The van der Waals surface area contributed by atoms with Gasteiger partial charge in [0.05, 0.1) is 19.0 Å². The van der Waals surface area contributed by atoms with E-state index in [9.17, 15) is 4.39 Å². The third-order valence-corrected chi connectivity index (χ3v) is 4.48. The smallest absolute Gasteiger partial charge is 0.131 e. The van der Waals surface area contributed by atoms with E-state index in [1.54, 1.807) is 19.2 Å². The van der Waals surface area contributed by atoms with Gasteiger partial charge in [-0.2, -0.15) is 0 Å². The number of aryl methyl sites for hydroxylation is 2. The Balaban J connectivity index is 2.42. The van der Waals surface area contributed by atoms with Crippen molar-refractivity contribution >= 4 is 15.9 Å². The highest BCUT2D eigenvalue weighted by Crippen LogP contribution is 2.37. The average Bonchev–Trinajstić information content (AvgIpc) is 2.46. The van der Waals surface area contributed by atoms with Crippen LogP contribution in [0, 0.1) is 19.7 Å². The summed E-state index contributed by atoms with van der Waals surface area (Å²) in [4.78, 5) is -0.216. The second-order valence-corrected chi connectivity index (χ2v) is 5.85. The lowest BCUT2D eigenvalue weighted by molar-refractivity contribution is 0.408. The van der Waals surface area contributed by atoms with Gasteiger partial charge in [-0.3, -0.25) is 0 Å². The van der Waals surface area contributed by atoms with Crippen LogP contribution in [0.25, 0.3) is 0 Å². The van der Waals surface area contributed by atoms with E-state index in [1.165, 1.54) is 13.2 Å². The van der Waals surface area contributed by atoms with E-state index in [1.807, 2.05) is 26.0 Å². The molecule has 2 nitrogen and oxygen atoms in total. The third kappa shape index (κ3) is 3.21. The highest BCUT2D eigenvalue weighted by atomic mass is 79.9. The van der Waals surface area contributed by atoms with Crippen LogP contribution in [0.15, 0.2) is 30.3 Å². The summed E-state index contributed by atoms with van der Waals surface area (Å²) < 4.78 is 24.6. The standard InChI is InChI=1S/C17H18BrFO2/c1-10-7-12(8-11(2)17(10)21-4)16(18)14-6-5-13(20-3)9-15(14)19/h5-9,16H,1-4H3. The van der Waals surface area contributed by atoms with Crippen LogP contribution < -0.4 is 9.47 Å². The van der Waals surface area contributed by atoms with Crippen molar-refractivity contribution in [2.45, 2.75) is 18.7 Å². The Labute approximate surface area is 133 Å². The van der Waals surface area contributed by atoms with Crippen molar-refractivity contribution in [2.75, 3.05) is 14.2 Å². The molecule has 1 atom stereocenters. The fraction of sp³-hybridized carbons (Fsp3) is 0.294. The summed E-state index contributed by atoms with van der Waals surface area (Å²) in [6, 6.07) is 8.91. The van der Waals surface area contributed by atoms with Crippen LogP contribution in [0.5, 0.6) is 11.5 Å². The third-order valence-electron chi connectivity index (χ3n) is 3.46. The molecule has 2 aromatic carbocycles. The molecule has 0 amide bonds. The Morgan fingerprint density at radius 2 is 1.62 bits per heavy atom. The molecule has 0 radical (unpaired) electrons. The number of rotatable bonds is 4. The molecule has 0 heterocycles. The largest absolute Gasteiger partial charge is 0.497 e. The fourth-order valence-electron chi connectivity index (χ4n) is 2.47. The number of alkyl halides is 1. The summed E-state index contributed by atoms with van der Waals surface area (Å²) in [5.74, 6) is 1.09. The monoisotopic (exact) mass is 352 g/mol. The highest BCUT2D eigenvalue weighted by Gasteiger charge is 2.17. The number of benzene rings is 2. The SMILES string of the molecule is COc1ccc(C(Br)c2cc(C)c(OC)c(C)c2)c(F)c1. The van der Waals surface area contributed by atoms with Gasteiger partial charge in [0, 0.05) is 11.6 Å². The number of hydrogen-bond acceptors (Lipinski definition) is 2. The Bertz CT molecular complexity index is 632. The van der Waals surface area contributed by atoms with Crippen LogP contribution in [0.1, 0.15) is 27.1 Å². The van der Waals surface area contributed by atoms with Crippen LogP contribution in [0.4, 0.5) is 4.39 Å². The first-order chi connectivity index (χ1) is 9.97. The lowest BCUT2D eigenvalue weighted by Crippen LogP contribution is -2.00. The molecule has 2 aromatic rings. The molecule has 0 fully saturated rings. The van der Waals surface area contributed by atoms with Crippen LogP contribution >= 0.6 is 15.9 Å². The lowest BCUT2D eigenvalue weighted by atomic mass is 9.99. The zero-order chi connectivity index (χ0) is 15.6. The van der Waals surface area contributed by atoms with E-state index in [0.29, 0.717) is 11.3 Å². The van der Waals surface area contributed by atoms with E-state index in [-0.39, 0.29) is 10.6 Å². The molecule has 0 aliphatic heterocycles. The predicted octanol–water partition coefficient (Wildman–Crippen LogP) is 4.94. The van der Waals surface area contributed by atoms with Gasteiger partial charge < -0.3 is 9.47 Å². The van der Waals surface area contributed by atoms with Gasteiger partial charge in [-0.25, -0.2) is 4.39 Å². The average molecular weight is 353 g/mol. The summed E-state index contributed by atoms with van der Waals surface area (Å²) >= 11 is 3.58. The molecular weight excluding hydrogens is 335 g/mol. The molecule has 1 unspecified atom stereocenters. The first-order valence-electron chi connectivity index (χ1n) is 6.60. The molecule has 0 spiro atoms. The Kier molecular flexibility index (Phi) is 4.88. The Hall–Kier alpha value is -1.55. The van der Waals surface area contributed by atoms with Gasteiger partial charge in [0.2, 0.25) is 0 Å². The zero-order valence-corrected chi connectivity index (χ0v) is 14.1.